The van der Waals surface area contributed by atoms with Gasteiger partial charge in [-0.1, -0.05) is 0 Å². The zero-order chi connectivity index (χ0) is 14.0. The van der Waals surface area contributed by atoms with Gasteiger partial charge in [-0.3, -0.25) is 0 Å². The molecule has 0 spiro atoms. The second kappa shape index (κ2) is 9.63. The zero-order valence-corrected chi connectivity index (χ0v) is 10.3. The third-order valence-corrected chi connectivity index (χ3v) is 2.24. The van der Waals surface area contributed by atoms with Crippen LogP contribution < -0.4 is 5.32 Å². The number of carboxylic acid groups (broad SMARTS) is 1. The average Bonchev–Trinajstić information content (AvgIpc) is 2.33. The van der Waals surface area contributed by atoms with Crippen LogP contribution in [0.25, 0.3) is 0 Å². The van der Waals surface area contributed by atoms with E-state index < -0.39 is 18.0 Å². The fourth-order valence-corrected chi connectivity index (χ4v) is 1.26. The number of aliphatic hydroxyl groups excluding tert-OH is 2. The topological polar surface area (TPSA) is 119 Å². The molecule has 0 unspecified atom stereocenters. The number of urea groups is 1. The molecule has 2 amide bonds. The lowest BCUT2D eigenvalue weighted by molar-refractivity contribution is -0.139. The van der Waals surface area contributed by atoms with E-state index in [0.29, 0.717) is 0 Å². The molecule has 106 valence electrons. The van der Waals surface area contributed by atoms with Gasteiger partial charge < -0.3 is 30.3 Å². The van der Waals surface area contributed by atoms with E-state index >= 15 is 0 Å². The van der Waals surface area contributed by atoms with Crippen LogP contribution in [0.15, 0.2) is 0 Å². The monoisotopic (exact) mass is 264 g/mol. The van der Waals surface area contributed by atoms with Crippen molar-refractivity contribution in [3.8, 4) is 0 Å². The van der Waals surface area contributed by atoms with E-state index in [1.54, 1.807) is 0 Å². The summed E-state index contributed by atoms with van der Waals surface area (Å²) >= 11 is 0. The summed E-state index contributed by atoms with van der Waals surface area (Å²) in [5.41, 5.74) is 0. The van der Waals surface area contributed by atoms with Crippen LogP contribution >= 0.6 is 0 Å². The Balaban J connectivity index is 4.40. The van der Waals surface area contributed by atoms with Gasteiger partial charge in [-0.15, -0.1) is 0 Å². The Labute approximate surface area is 105 Å². The average molecular weight is 264 g/mol. The number of aliphatic carboxylic acids is 1. The van der Waals surface area contributed by atoms with Crippen LogP contribution in [0.1, 0.15) is 6.42 Å². The van der Waals surface area contributed by atoms with Crippen molar-refractivity contribution in [1.29, 1.82) is 0 Å². The van der Waals surface area contributed by atoms with Crippen LogP contribution in [0.5, 0.6) is 0 Å². The van der Waals surface area contributed by atoms with Gasteiger partial charge in [-0.25, -0.2) is 9.59 Å². The third-order valence-electron chi connectivity index (χ3n) is 2.24. The van der Waals surface area contributed by atoms with Crippen molar-refractivity contribution in [2.75, 3.05) is 40.0 Å². The predicted octanol–water partition coefficient (Wildman–Crippen LogP) is -1.53. The van der Waals surface area contributed by atoms with E-state index in [-0.39, 0.29) is 39.3 Å². The summed E-state index contributed by atoms with van der Waals surface area (Å²) in [5, 5.41) is 28.6. The normalized spacial score (nSPS) is 11.9. The Bertz CT molecular complexity index is 261. The molecule has 1 atom stereocenters. The number of carbonyl (C=O) groups is 2. The zero-order valence-electron chi connectivity index (χ0n) is 10.3. The lowest BCUT2D eigenvalue weighted by Crippen LogP contribution is -2.49. The molecule has 0 saturated heterocycles. The van der Waals surface area contributed by atoms with Gasteiger partial charge in [0.2, 0.25) is 0 Å². The summed E-state index contributed by atoms with van der Waals surface area (Å²) in [6, 6.07) is -1.76. The first kappa shape index (κ1) is 16.6. The van der Waals surface area contributed by atoms with Crippen molar-refractivity contribution in [3.05, 3.63) is 0 Å². The smallest absolute Gasteiger partial charge is 0.326 e. The number of methoxy groups -OCH3 is 1. The Morgan fingerprint density at radius 1 is 1.28 bits per heavy atom. The number of aliphatic hydroxyl groups is 2. The Morgan fingerprint density at radius 2 is 1.94 bits per heavy atom. The van der Waals surface area contributed by atoms with Crippen molar-refractivity contribution in [3.63, 3.8) is 0 Å². The molecule has 0 aromatic rings. The van der Waals surface area contributed by atoms with Crippen molar-refractivity contribution in [1.82, 2.24) is 10.2 Å². The molecule has 0 aliphatic rings. The SMILES string of the molecule is COCCN(CCO)C(=O)N[C@H](CCO)C(=O)O. The van der Waals surface area contributed by atoms with Crippen LogP contribution in [0.4, 0.5) is 4.79 Å². The van der Waals surface area contributed by atoms with Gasteiger partial charge in [-0.2, -0.15) is 0 Å². The highest BCUT2D eigenvalue weighted by molar-refractivity contribution is 5.82. The van der Waals surface area contributed by atoms with E-state index in [9.17, 15) is 9.59 Å². The fraction of sp³-hybridized carbons (Fsp3) is 0.800. The van der Waals surface area contributed by atoms with Crippen molar-refractivity contribution in [2.45, 2.75) is 12.5 Å². The van der Waals surface area contributed by atoms with E-state index in [1.807, 2.05) is 0 Å². The Morgan fingerprint density at radius 3 is 2.39 bits per heavy atom. The summed E-state index contributed by atoms with van der Waals surface area (Å²) in [6.07, 6.45) is -0.0711. The number of carboxylic acids is 1. The predicted molar refractivity (Wildman–Crippen MR) is 62.2 cm³/mol. The van der Waals surface area contributed by atoms with Gasteiger partial charge in [-0.05, 0) is 0 Å². The minimum Gasteiger partial charge on any atom is -0.480 e. The maximum atomic E-state index is 11.7. The number of nitrogens with zero attached hydrogens (tertiary/aromatic N) is 1. The number of rotatable bonds is 9. The van der Waals surface area contributed by atoms with Crippen LogP contribution in [0.2, 0.25) is 0 Å². The molecule has 0 aromatic carbocycles. The number of carbonyl (C=O) groups excluding carboxylic acids is 1. The molecule has 0 aromatic heterocycles. The molecule has 18 heavy (non-hydrogen) atoms. The maximum Gasteiger partial charge on any atom is 0.326 e. The van der Waals surface area contributed by atoms with E-state index in [4.69, 9.17) is 20.1 Å². The van der Waals surface area contributed by atoms with Gasteiger partial charge >= 0.3 is 12.0 Å². The first-order chi connectivity index (χ1) is 8.56. The summed E-state index contributed by atoms with van der Waals surface area (Å²) in [7, 11) is 1.47. The standard InChI is InChI=1S/C10H20N2O6/c1-18-7-4-12(3-6-14)10(17)11-8(2-5-13)9(15)16/h8,13-14H,2-7H2,1H3,(H,11,17)(H,15,16)/t8-/m1/s1. The first-order valence-electron chi connectivity index (χ1n) is 5.55. The second-order valence-corrected chi connectivity index (χ2v) is 3.56. The number of hydrogen-bond acceptors (Lipinski definition) is 5. The molecule has 4 N–H and O–H groups in total. The number of ether oxygens (including phenoxy) is 1. The molecule has 0 aliphatic heterocycles. The second-order valence-electron chi connectivity index (χ2n) is 3.56. The summed E-state index contributed by atoms with van der Waals surface area (Å²) in [4.78, 5) is 23.8. The highest BCUT2D eigenvalue weighted by Gasteiger charge is 2.22. The van der Waals surface area contributed by atoms with Crippen LogP contribution in [-0.4, -0.2) is 78.3 Å². The summed E-state index contributed by atoms with van der Waals surface area (Å²) in [6.45, 7) is 0.0460. The minimum atomic E-state index is -1.21. The molecule has 0 heterocycles. The van der Waals surface area contributed by atoms with E-state index in [0.717, 1.165) is 0 Å². The van der Waals surface area contributed by atoms with Crippen LogP contribution in [-0.2, 0) is 9.53 Å². The minimum absolute atomic E-state index is 0.0711. The molecular weight excluding hydrogens is 244 g/mol. The summed E-state index contributed by atoms with van der Waals surface area (Å²) in [5.74, 6) is -1.21. The van der Waals surface area contributed by atoms with Gasteiger partial charge in [0, 0.05) is 33.2 Å². The lowest BCUT2D eigenvalue weighted by Gasteiger charge is -2.24. The first-order valence-corrected chi connectivity index (χ1v) is 5.55. The lowest BCUT2D eigenvalue weighted by atomic mass is 10.2. The highest BCUT2D eigenvalue weighted by Crippen LogP contribution is 1.96. The fourth-order valence-electron chi connectivity index (χ4n) is 1.26. The molecule has 0 bridgehead atoms. The number of nitrogens with one attached hydrogen (secondary N) is 1. The van der Waals surface area contributed by atoms with Crippen LogP contribution in [0, 0.1) is 0 Å². The van der Waals surface area contributed by atoms with E-state index in [2.05, 4.69) is 5.32 Å². The molecule has 0 fully saturated rings. The highest BCUT2D eigenvalue weighted by atomic mass is 16.5. The molecule has 8 heteroatoms. The number of hydrogen-bond donors (Lipinski definition) is 4. The molecule has 8 nitrogen and oxygen atoms in total. The van der Waals surface area contributed by atoms with Gasteiger partial charge in [0.1, 0.15) is 6.04 Å². The van der Waals surface area contributed by atoms with E-state index in [1.165, 1.54) is 12.0 Å². The van der Waals surface area contributed by atoms with Gasteiger partial charge in [0.25, 0.3) is 0 Å². The quantitative estimate of drug-likeness (QED) is 0.401. The Kier molecular flexibility index (Phi) is 8.89. The van der Waals surface area contributed by atoms with Crippen molar-refractivity contribution in [2.24, 2.45) is 0 Å². The largest absolute Gasteiger partial charge is 0.480 e. The maximum absolute atomic E-state index is 11.7. The van der Waals surface area contributed by atoms with Crippen molar-refractivity contribution < 1.29 is 29.6 Å². The Hall–Kier alpha value is -1.38. The van der Waals surface area contributed by atoms with Crippen molar-refractivity contribution >= 4 is 12.0 Å². The molecule has 0 radical (unpaired) electrons. The van der Waals surface area contributed by atoms with Gasteiger partial charge in [0.15, 0.2) is 0 Å². The third kappa shape index (κ3) is 6.38. The molecular formula is C10H20N2O6. The molecule has 0 rings (SSSR count). The summed E-state index contributed by atoms with van der Waals surface area (Å²) < 4.78 is 4.81. The van der Waals surface area contributed by atoms with Gasteiger partial charge in [0.05, 0.1) is 13.2 Å². The number of amides is 2. The molecule has 0 aliphatic carbocycles. The molecule has 0 saturated carbocycles. The van der Waals surface area contributed by atoms with Crippen LogP contribution in [0.3, 0.4) is 0 Å².